The Bertz CT molecular complexity index is 935. The molecule has 6 nitrogen and oxygen atoms in total. The summed E-state index contributed by atoms with van der Waals surface area (Å²) in [4.78, 5) is 23.6. The number of nitrogens with zero attached hydrogens (tertiary/aromatic N) is 1. The summed E-state index contributed by atoms with van der Waals surface area (Å²) in [7, 11) is -3.90. The van der Waals surface area contributed by atoms with Crippen molar-refractivity contribution in [1.29, 1.82) is 0 Å². The molecule has 0 spiro atoms. The predicted octanol–water partition coefficient (Wildman–Crippen LogP) is 1.83. The van der Waals surface area contributed by atoms with Crippen LogP contribution in [0.2, 0.25) is 0 Å². The second kappa shape index (κ2) is 6.96. The molecule has 0 atom stereocenters. The van der Waals surface area contributed by atoms with Gasteiger partial charge in [0.05, 0.1) is 12.3 Å². The average Bonchev–Trinajstić information content (AvgIpc) is 2.46. The summed E-state index contributed by atoms with van der Waals surface area (Å²) in [5.41, 5.74) is 0.0493. The number of benzene rings is 1. The number of hydrogen-bond acceptors (Lipinski definition) is 4. The van der Waals surface area contributed by atoms with Gasteiger partial charge in [0, 0.05) is 5.69 Å². The van der Waals surface area contributed by atoms with Crippen LogP contribution in [0.15, 0.2) is 41.2 Å². The number of carbonyl (C=O) groups is 1. The highest BCUT2D eigenvalue weighted by molar-refractivity contribution is 7.91. The summed E-state index contributed by atoms with van der Waals surface area (Å²) in [5, 5.41) is 0. The van der Waals surface area contributed by atoms with Crippen molar-refractivity contribution < 1.29 is 17.6 Å². The normalized spacial score (nSPS) is 11.3. The second-order valence-electron chi connectivity index (χ2n) is 5.47. The molecule has 0 saturated carbocycles. The molecule has 1 aromatic heterocycles. The van der Waals surface area contributed by atoms with E-state index in [-0.39, 0.29) is 23.6 Å². The third-order valence-electron chi connectivity index (χ3n) is 3.28. The van der Waals surface area contributed by atoms with Gasteiger partial charge in [-0.1, -0.05) is 12.1 Å². The smallest absolute Gasteiger partial charge is 0.275 e. The Morgan fingerprint density at radius 2 is 1.96 bits per heavy atom. The van der Waals surface area contributed by atoms with Gasteiger partial charge in [-0.05, 0) is 43.7 Å². The number of anilines is 1. The fourth-order valence-corrected chi connectivity index (χ4v) is 3.40. The van der Waals surface area contributed by atoms with E-state index < -0.39 is 27.2 Å². The number of pyridine rings is 1. The molecule has 0 aliphatic carbocycles. The molecule has 1 heterocycles. The molecular formula is C16H17FN2O4S. The van der Waals surface area contributed by atoms with Crippen LogP contribution in [-0.2, 0) is 27.1 Å². The van der Waals surface area contributed by atoms with Crippen LogP contribution in [0.5, 0.6) is 0 Å². The quantitative estimate of drug-likeness (QED) is 0.859. The lowest BCUT2D eigenvalue weighted by molar-refractivity contribution is -0.117. The molecule has 0 aliphatic heterocycles. The van der Waals surface area contributed by atoms with E-state index in [4.69, 9.17) is 0 Å². The van der Waals surface area contributed by atoms with Crippen LogP contribution in [0.4, 0.5) is 10.1 Å². The van der Waals surface area contributed by atoms with Crippen molar-refractivity contribution in [3.63, 3.8) is 0 Å². The molecule has 24 heavy (non-hydrogen) atoms. The van der Waals surface area contributed by atoms with Gasteiger partial charge in [-0.3, -0.25) is 14.3 Å². The minimum Gasteiger partial charge on any atom is -0.304 e. The summed E-state index contributed by atoms with van der Waals surface area (Å²) < 4.78 is 41.0. The fraction of sp³-hybridized carbons (Fsp3) is 0.250. The molecule has 0 bridgehead atoms. The van der Waals surface area contributed by atoms with Gasteiger partial charge in [-0.2, -0.15) is 0 Å². The average molecular weight is 352 g/mol. The van der Waals surface area contributed by atoms with E-state index in [1.165, 1.54) is 35.8 Å². The molecule has 0 aliphatic rings. The monoisotopic (exact) mass is 352 g/mol. The highest BCUT2D eigenvalue weighted by Crippen LogP contribution is 2.12. The molecule has 0 saturated heterocycles. The van der Waals surface area contributed by atoms with Crippen LogP contribution in [0.1, 0.15) is 18.2 Å². The summed E-state index contributed by atoms with van der Waals surface area (Å²) in [6, 6.07) is 8.10. The SMILES string of the molecule is CC(=O)Cn1c(C)ccc(NS(=O)(=O)Cc2cccc(F)c2)c1=O. The van der Waals surface area contributed by atoms with Crippen LogP contribution >= 0.6 is 0 Å². The van der Waals surface area contributed by atoms with E-state index in [0.717, 1.165) is 6.07 Å². The Kier molecular flexibility index (Phi) is 5.18. The first kappa shape index (κ1) is 17.9. The number of aryl methyl sites for hydroxylation is 1. The molecule has 1 aromatic carbocycles. The summed E-state index contributed by atoms with van der Waals surface area (Å²) in [6.07, 6.45) is 0. The maximum absolute atomic E-state index is 13.2. The molecule has 1 N–H and O–H groups in total. The maximum atomic E-state index is 13.2. The number of halogens is 1. The number of hydrogen-bond donors (Lipinski definition) is 1. The highest BCUT2D eigenvalue weighted by atomic mass is 32.2. The van der Waals surface area contributed by atoms with E-state index in [2.05, 4.69) is 4.72 Å². The van der Waals surface area contributed by atoms with Gasteiger partial charge < -0.3 is 4.57 Å². The van der Waals surface area contributed by atoms with E-state index in [1.54, 1.807) is 13.0 Å². The third kappa shape index (κ3) is 4.51. The van der Waals surface area contributed by atoms with Crippen LogP contribution in [0.3, 0.4) is 0 Å². The van der Waals surface area contributed by atoms with E-state index in [0.29, 0.717) is 5.69 Å². The zero-order chi connectivity index (χ0) is 17.9. The number of carbonyl (C=O) groups excluding carboxylic acids is 1. The van der Waals surface area contributed by atoms with Crippen LogP contribution < -0.4 is 10.3 Å². The molecule has 0 radical (unpaired) electrons. The Hall–Kier alpha value is -2.48. The van der Waals surface area contributed by atoms with Gasteiger partial charge in [0.1, 0.15) is 17.3 Å². The number of aromatic nitrogens is 1. The summed E-state index contributed by atoms with van der Waals surface area (Å²) >= 11 is 0. The lowest BCUT2D eigenvalue weighted by atomic mass is 10.2. The topological polar surface area (TPSA) is 85.2 Å². The van der Waals surface area contributed by atoms with E-state index >= 15 is 0 Å². The molecule has 0 amide bonds. The zero-order valence-corrected chi connectivity index (χ0v) is 14.1. The number of nitrogens with one attached hydrogen (secondary N) is 1. The number of sulfonamides is 1. The van der Waals surface area contributed by atoms with Crippen LogP contribution in [-0.4, -0.2) is 18.8 Å². The van der Waals surface area contributed by atoms with Crippen LogP contribution in [0, 0.1) is 12.7 Å². The molecule has 2 rings (SSSR count). The zero-order valence-electron chi connectivity index (χ0n) is 13.2. The minimum atomic E-state index is -3.90. The lowest BCUT2D eigenvalue weighted by Gasteiger charge is -2.12. The van der Waals surface area contributed by atoms with Gasteiger partial charge in [-0.25, -0.2) is 12.8 Å². The Labute approximate surface area is 139 Å². The molecular weight excluding hydrogens is 335 g/mol. The largest absolute Gasteiger partial charge is 0.304 e. The molecule has 128 valence electrons. The summed E-state index contributed by atoms with van der Waals surface area (Å²) in [5.74, 6) is -1.23. The molecule has 2 aromatic rings. The molecule has 8 heteroatoms. The highest BCUT2D eigenvalue weighted by Gasteiger charge is 2.16. The van der Waals surface area contributed by atoms with Gasteiger partial charge in [0.25, 0.3) is 5.56 Å². The first-order valence-electron chi connectivity index (χ1n) is 7.13. The third-order valence-corrected chi connectivity index (χ3v) is 4.53. The van der Waals surface area contributed by atoms with Crippen molar-refractivity contribution in [1.82, 2.24) is 4.57 Å². The van der Waals surface area contributed by atoms with Gasteiger partial charge in [-0.15, -0.1) is 0 Å². The first-order valence-corrected chi connectivity index (χ1v) is 8.78. The predicted molar refractivity (Wildman–Crippen MR) is 88.8 cm³/mol. The lowest BCUT2D eigenvalue weighted by Crippen LogP contribution is -2.29. The van der Waals surface area contributed by atoms with Crippen LogP contribution in [0.25, 0.3) is 0 Å². The van der Waals surface area contributed by atoms with Crippen molar-refractivity contribution >= 4 is 21.5 Å². The Morgan fingerprint density at radius 1 is 1.25 bits per heavy atom. The van der Waals surface area contributed by atoms with Crippen molar-refractivity contribution in [2.24, 2.45) is 0 Å². The van der Waals surface area contributed by atoms with Crippen molar-refractivity contribution in [3.8, 4) is 0 Å². The van der Waals surface area contributed by atoms with E-state index in [9.17, 15) is 22.4 Å². The van der Waals surface area contributed by atoms with Gasteiger partial charge in [0.15, 0.2) is 0 Å². The minimum absolute atomic E-state index is 0.135. The first-order chi connectivity index (χ1) is 11.2. The van der Waals surface area contributed by atoms with Gasteiger partial charge >= 0.3 is 0 Å². The van der Waals surface area contributed by atoms with Crippen molar-refractivity contribution in [2.45, 2.75) is 26.1 Å². The number of rotatable bonds is 6. The standard InChI is InChI=1S/C16H17FN2O4S/c1-11-6-7-15(16(21)19(11)9-12(2)20)18-24(22,23)10-13-4-3-5-14(17)8-13/h3-8,18H,9-10H2,1-2H3. The summed E-state index contributed by atoms with van der Waals surface area (Å²) in [6.45, 7) is 2.85. The Morgan fingerprint density at radius 3 is 2.58 bits per heavy atom. The van der Waals surface area contributed by atoms with Crippen molar-refractivity contribution in [3.05, 3.63) is 63.8 Å². The molecule has 0 unspecified atom stereocenters. The van der Waals surface area contributed by atoms with Gasteiger partial charge in [0.2, 0.25) is 10.0 Å². The second-order valence-corrected chi connectivity index (χ2v) is 7.20. The Balaban J connectivity index is 2.30. The number of Topliss-reactive ketones (excluding diaryl/α,β-unsaturated/α-hetero) is 1. The van der Waals surface area contributed by atoms with E-state index in [1.807, 2.05) is 0 Å². The van der Waals surface area contributed by atoms with Crippen molar-refractivity contribution in [2.75, 3.05) is 4.72 Å². The molecule has 0 fully saturated rings. The fourth-order valence-electron chi connectivity index (χ4n) is 2.22. The maximum Gasteiger partial charge on any atom is 0.275 e. The number of ketones is 1.